The van der Waals surface area contributed by atoms with Gasteiger partial charge in [0.15, 0.2) is 6.10 Å². The van der Waals surface area contributed by atoms with Gasteiger partial charge in [0.05, 0.1) is 6.42 Å². The summed E-state index contributed by atoms with van der Waals surface area (Å²) in [5, 5.41) is 0. The van der Waals surface area contributed by atoms with Crippen LogP contribution in [0.15, 0.2) is 158 Å². The third-order valence-electron chi connectivity index (χ3n) is 8.49. The molecule has 0 aliphatic carbocycles. The van der Waals surface area contributed by atoms with Crippen molar-refractivity contribution in [3.8, 4) is 0 Å². The Morgan fingerprint density at radius 2 is 0.750 bits per heavy atom. The maximum Gasteiger partial charge on any atom is 0.309 e. The third kappa shape index (κ3) is 44.1. The number of carbonyl (C=O) groups is 3. The largest absolute Gasteiger partial charge is 0.462 e. The summed E-state index contributed by atoms with van der Waals surface area (Å²) >= 11 is 0. The molecular formula is C54H78O6. The van der Waals surface area contributed by atoms with Crippen molar-refractivity contribution in [2.75, 3.05) is 13.2 Å². The average Bonchev–Trinajstić information content (AvgIpc) is 3.24. The van der Waals surface area contributed by atoms with Gasteiger partial charge in [-0.05, 0) is 83.5 Å². The van der Waals surface area contributed by atoms with Crippen LogP contribution < -0.4 is 0 Å². The van der Waals surface area contributed by atoms with Gasteiger partial charge in [0.2, 0.25) is 0 Å². The van der Waals surface area contributed by atoms with Crippen LogP contribution in [0.1, 0.15) is 143 Å². The van der Waals surface area contributed by atoms with E-state index in [1.54, 1.807) is 6.08 Å². The summed E-state index contributed by atoms with van der Waals surface area (Å²) in [5.41, 5.74) is 0. The van der Waals surface area contributed by atoms with Gasteiger partial charge in [-0.2, -0.15) is 0 Å². The number of unbranched alkanes of at least 4 members (excludes halogenated alkanes) is 7. The van der Waals surface area contributed by atoms with Crippen molar-refractivity contribution in [3.63, 3.8) is 0 Å². The number of hydrogen-bond acceptors (Lipinski definition) is 6. The van der Waals surface area contributed by atoms with Gasteiger partial charge in [-0.3, -0.25) is 14.4 Å². The lowest BCUT2D eigenvalue weighted by atomic mass is 10.1. The third-order valence-corrected chi connectivity index (χ3v) is 8.49. The smallest absolute Gasteiger partial charge is 0.309 e. The van der Waals surface area contributed by atoms with E-state index in [4.69, 9.17) is 14.2 Å². The maximum atomic E-state index is 12.7. The molecule has 1 unspecified atom stereocenters. The number of carbonyl (C=O) groups excluding carboxylic acids is 3. The normalized spacial score (nSPS) is 13.6. The van der Waals surface area contributed by atoms with E-state index in [1.807, 2.05) is 79.0 Å². The Kier molecular flexibility index (Phi) is 42.8. The molecule has 60 heavy (non-hydrogen) atoms. The predicted octanol–water partition coefficient (Wildman–Crippen LogP) is 14.7. The zero-order chi connectivity index (χ0) is 43.7. The molecule has 0 aliphatic heterocycles. The van der Waals surface area contributed by atoms with Crippen LogP contribution >= 0.6 is 0 Å². The van der Waals surface area contributed by atoms with Crippen LogP contribution in [0.25, 0.3) is 0 Å². The molecule has 0 fully saturated rings. The van der Waals surface area contributed by atoms with Crippen LogP contribution in [0.2, 0.25) is 0 Å². The second-order valence-electron chi connectivity index (χ2n) is 14.0. The van der Waals surface area contributed by atoms with E-state index in [0.717, 1.165) is 89.9 Å². The molecule has 0 aromatic rings. The first-order valence-corrected chi connectivity index (χ1v) is 22.6. The molecule has 0 saturated heterocycles. The molecule has 0 amide bonds. The first kappa shape index (κ1) is 55.0. The summed E-state index contributed by atoms with van der Waals surface area (Å²) in [6.45, 7) is 6.05. The first-order valence-electron chi connectivity index (χ1n) is 22.6. The van der Waals surface area contributed by atoms with E-state index in [2.05, 4.69) is 93.7 Å². The molecule has 0 N–H and O–H groups in total. The van der Waals surface area contributed by atoms with Gasteiger partial charge in [0.25, 0.3) is 0 Å². The average molecular weight is 823 g/mol. The van der Waals surface area contributed by atoms with Crippen LogP contribution in [-0.2, 0) is 28.6 Å². The minimum Gasteiger partial charge on any atom is -0.462 e. The molecule has 6 nitrogen and oxygen atoms in total. The molecule has 0 spiro atoms. The van der Waals surface area contributed by atoms with Crippen molar-refractivity contribution >= 4 is 17.9 Å². The zero-order valence-electron chi connectivity index (χ0n) is 37.4. The summed E-state index contributed by atoms with van der Waals surface area (Å²) in [5.74, 6) is -1.16. The van der Waals surface area contributed by atoms with Crippen molar-refractivity contribution in [2.45, 2.75) is 149 Å². The second-order valence-corrected chi connectivity index (χ2v) is 14.0. The molecule has 0 rings (SSSR count). The summed E-state index contributed by atoms with van der Waals surface area (Å²) in [6, 6.07) is 0. The highest BCUT2D eigenvalue weighted by Gasteiger charge is 2.19. The van der Waals surface area contributed by atoms with Crippen LogP contribution in [0.5, 0.6) is 0 Å². The van der Waals surface area contributed by atoms with Gasteiger partial charge in [0, 0.05) is 12.8 Å². The maximum absolute atomic E-state index is 12.7. The molecular weight excluding hydrogens is 745 g/mol. The Morgan fingerprint density at radius 3 is 1.28 bits per heavy atom. The van der Waals surface area contributed by atoms with E-state index in [-0.39, 0.29) is 44.4 Å². The fourth-order valence-electron chi connectivity index (χ4n) is 5.20. The SMILES string of the molecule is CC\C=C/C=C\C=C/C=C\C=C\C=C/C=C\CCCCCC(=O)OCC(COC(=O)C/C=C\C/C=C\C/C=C\CC)OC(=O)CCCCCC/C=C\C/C=C\C/C=C\CC. The van der Waals surface area contributed by atoms with E-state index in [1.165, 1.54) is 0 Å². The van der Waals surface area contributed by atoms with Crippen molar-refractivity contribution in [1.82, 2.24) is 0 Å². The summed E-state index contributed by atoms with van der Waals surface area (Å²) in [4.78, 5) is 37.7. The summed E-state index contributed by atoms with van der Waals surface area (Å²) in [6.07, 6.45) is 68.3. The molecule has 0 aromatic heterocycles. The van der Waals surface area contributed by atoms with Gasteiger partial charge >= 0.3 is 17.9 Å². The minimum atomic E-state index is -0.850. The highest BCUT2D eigenvalue weighted by atomic mass is 16.6. The Bertz CT molecular complexity index is 1460. The number of allylic oxidation sites excluding steroid dienone is 25. The van der Waals surface area contributed by atoms with Crippen LogP contribution in [0.4, 0.5) is 0 Å². The Morgan fingerprint density at radius 1 is 0.367 bits per heavy atom. The lowest BCUT2D eigenvalue weighted by Crippen LogP contribution is -2.30. The number of ether oxygens (including phenoxy) is 3. The quantitative estimate of drug-likeness (QED) is 0.0204. The molecule has 0 heterocycles. The highest BCUT2D eigenvalue weighted by molar-refractivity contribution is 5.72. The molecule has 1 atom stereocenters. The molecule has 0 aromatic carbocycles. The van der Waals surface area contributed by atoms with Gasteiger partial charge < -0.3 is 14.2 Å². The Balaban J connectivity index is 4.60. The first-order chi connectivity index (χ1) is 29.5. The highest BCUT2D eigenvalue weighted by Crippen LogP contribution is 2.10. The summed E-state index contributed by atoms with van der Waals surface area (Å²) < 4.78 is 16.5. The fraction of sp³-hybridized carbons (Fsp3) is 0.463. The van der Waals surface area contributed by atoms with E-state index in [0.29, 0.717) is 12.8 Å². The van der Waals surface area contributed by atoms with Gasteiger partial charge in [-0.25, -0.2) is 0 Å². The van der Waals surface area contributed by atoms with Crippen molar-refractivity contribution in [3.05, 3.63) is 158 Å². The standard InChI is InChI=1S/C54H78O6/c1-4-7-10-13-16-19-21-23-25-26-27-28-29-31-32-35-38-41-44-47-53(56)59-50-51(49-58-52(55)46-43-40-37-34-18-15-12-9-6-3)60-54(57)48-45-42-39-36-33-30-24-22-20-17-14-11-8-5-2/h7-13,16-21,23-32,34,40,43,51H,4-6,14-15,22,33,35-39,41-42,44-50H2,1-3H3/b10-7-,11-8-,12-9-,16-13-,20-17-,21-19-,25-23-,27-26+,29-28-,30-24-,32-31-,34-18-,43-40-. The van der Waals surface area contributed by atoms with Gasteiger partial charge in [-0.15, -0.1) is 0 Å². The topological polar surface area (TPSA) is 78.9 Å². The molecule has 6 heteroatoms. The van der Waals surface area contributed by atoms with Crippen molar-refractivity contribution in [2.24, 2.45) is 0 Å². The van der Waals surface area contributed by atoms with Crippen LogP contribution in [0.3, 0.4) is 0 Å². The van der Waals surface area contributed by atoms with Gasteiger partial charge in [0.1, 0.15) is 13.2 Å². The number of hydrogen-bond donors (Lipinski definition) is 0. The molecule has 0 radical (unpaired) electrons. The predicted molar refractivity (Wildman–Crippen MR) is 255 cm³/mol. The van der Waals surface area contributed by atoms with E-state index >= 15 is 0 Å². The van der Waals surface area contributed by atoms with Crippen LogP contribution in [-0.4, -0.2) is 37.2 Å². The molecule has 330 valence electrons. The van der Waals surface area contributed by atoms with E-state index < -0.39 is 12.1 Å². The number of rotatable bonds is 37. The van der Waals surface area contributed by atoms with Crippen LogP contribution in [0, 0.1) is 0 Å². The molecule has 0 bridgehead atoms. The molecule has 0 saturated carbocycles. The van der Waals surface area contributed by atoms with Crippen molar-refractivity contribution < 1.29 is 28.6 Å². The second kappa shape index (κ2) is 46.7. The van der Waals surface area contributed by atoms with Gasteiger partial charge in [-0.1, -0.05) is 198 Å². The number of esters is 3. The minimum absolute atomic E-state index is 0.112. The molecule has 0 aliphatic rings. The van der Waals surface area contributed by atoms with E-state index in [9.17, 15) is 14.4 Å². The Hall–Kier alpha value is -4.97. The Labute approximate surface area is 365 Å². The monoisotopic (exact) mass is 823 g/mol. The lowest BCUT2D eigenvalue weighted by Gasteiger charge is -2.18. The fourth-order valence-corrected chi connectivity index (χ4v) is 5.20. The lowest BCUT2D eigenvalue weighted by molar-refractivity contribution is -0.166. The van der Waals surface area contributed by atoms with Crippen molar-refractivity contribution in [1.29, 1.82) is 0 Å². The summed E-state index contributed by atoms with van der Waals surface area (Å²) in [7, 11) is 0. The zero-order valence-corrected chi connectivity index (χ0v) is 37.4.